The molecule has 0 bridgehead atoms. The van der Waals surface area contributed by atoms with E-state index in [4.69, 9.17) is 15.8 Å². The Morgan fingerprint density at radius 3 is 2.74 bits per heavy atom. The van der Waals surface area contributed by atoms with E-state index in [1.54, 1.807) is 0 Å². The fourth-order valence-corrected chi connectivity index (χ4v) is 1.62. The van der Waals surface area contributed by atoms with Gasteiger partial charge in [0.05, 0.1) is 13.2 Å². The van der Waals surface area contributed by atoms with Crippen LogP contribution < -0.4 is 0 Å². The number of carbonyl (C=O) groups is 1. The molecule has 9 nitrogen and oxygen atoms in total. The molecule has 0 amide bonds. The molecule has 1 aliphatic rings. The van der Waals surface area contributed by atoms with Gasteiger partial charge in [0.25, 0.3) is 5.92 Å². The first-order valence-corrected chi connectivity index (χ1v) is 5.15. The molecule has 1 saturated heterocycles. The van der Waals surface area contributed by atoms with E-state index in [9.17, 15) is 13.6 Å². The summed E-state index contributed by atoms with van der Waals surface area (Å²) in [5, 5.41) is 6.04. The molecule has 1 rings (SSSR count). The molecule has 19 heavy (non-hydrogen) atoms. The minimum atomic E-state index is -3.61. The van der Waals surface area contributed by atoms with Gasteiger partial charge in [0.1, 0.15) is 12.1 Å². The molecule has 0 N–H and O–H groups in total. The molecule has 11 heteroatoms. The van der Waals surface area contributed by atoms with E-state index < -0.39 is 43.3 Å². The number of hydrogen-bond donors (Lipinski definition) is 0. The van der Waals surface area contributed by atoms with Crippen LogP contribution in [0.25, 0.3) is 20.9 Å². The van der Waals surface area contributed by atoms with Crippen molar-refractivity contribution in [3.05, 3.63) is 20.9 Å². The highest BCUT2D eigenvalue weighted by atomic mass is 19.3. The van der Waals surface area contributed by atoms with Gasteiger partial charge in [0.2, 0.25) is 0 Å². The van der Waals surface area contributed by atoms with Gasteiger partial charge in [-0.1, -0.05) is 10.2 Å². The van der Waals surface area contributed by atoms with Crippen LogP contribution >= 0.6 is 0 Å². The lowest BCUT2D eigenvalue weighted by Gasteiger charge is -2.39. The predicted molar refractivity (Wildman–Crippen MR) is 57.2 cm³/mol. The van der Waals surface area contributed by atoms with Gasteiger partial charge in [0, 0.05) is 16.7 Å². The zero-order chi connectivity index (χ0) is 14.5. The molecule has 0 spiro atoms. The van der Waals surface area contributed by atoms with Gasteiger partial charge in [-0.2, -0.15) is 0 Å². The first kappa shape index (κ1) is 15.0. The zero-order valence-electron chi connectivity index (χ0n) is 9.81. The van der Waals surface area contributed by atoms with Crippen LogP contribution in [0, 0.1) is 0 Å². The highest BCUT2D eigenvalue weighted by molar-refractivity contribution is 5.66. The maximum absolute atomic E-state index is 14.0. The summed E-state index contributed by atoms with van der Waals surface area (Å²) in [6.07, 6.45) is -3.26. The summed E-state index contributed by atoms with van der Waals surface area (Å²) < 4.78 is 37.5. The number of rotatable bonds is 4. The average molecular weight is 276 g/mol. The Morgan fingerprint density at radius 1 is 1.53 bits per heavy atom. The van der Waals surface area contributed by atoms with Crippen molar-refractivity contribution < 1.29 is 23.0 Å². The minimum absolute atomic E-state index is 0.424. The Balaban J connectivity index is 3.01. The van der Waals surface area contributed by atoms with Crippen LogP contribution in [0.4, 0.5) is 8.78 Å². The highest BCUT2D eigenvalue weighted by Crippen LogP contribution is 2.35. The molecule has 104 valence electrons. The van der Waals surface area contributed by atoms with Gasteiger partial charge in [-0.15, -0.1) is 0 Å². The first-order chi connectivity index (χ1) is 8.93. The van der Waals surface area contributed by atoms with Crippen LogP contribution in [-0.2, 0) is 14.3 Å². The number of carbonyl (C=O) groups excluding carboxylic acids is 1. The Morgan fingerprint density at radius 2 is 2.21 bits per heavy atom. The molecule has 1 unspecified atom stereocenters. The van der Waals surface area contributed by atoms with E-state index in [1.165, 1.54) is 0 Å². The monoisotopic (exact) mass is 276 g/mol. The quantitative estimate of drug-likeness (QED) is 0.336. The fraction of sp³-hybridized carbons (Fsp3) is 0.875. The minimum Gasteiger partial charge on any atom is -0.453 e. The second-order valence-corrected chi connectivity index (χ2v) is 3.71. The number of halogens is 2. The number of ether oxygens (including phenoxy) is 2. The summed E-state index contributed by atoms with van der Waals surface area (Å²) >= 11 is 0. The van der Waals surface area contributed by atoms with Crippen LogP contribution in [0.3, 0.4) is 0 Å². The van der Waals surface area contributed by atoms with Crippen molar-refractivity contribution in [1.82, 2.24) is 0 Å². The third-order valence-corrected chi connectivity index (χ3v) is 2.44. The van der Waals surface area contributed by atoms with E-state index in [0.717, 1.165) is 6.92 Å². The van der Waals surface area contributed by atoms with Crippen molar-refractivity contribution in [3.8, 4) is 0 Å². The third kappa shape index (κ3) is 3.44. The van der Waals surface area contributed by atoms with Crippen molar-refractivity contribution in [2.45, 2.75) is 31.1 Å². The zero-order valence-corrected chi connectivity index (χ0v) is 9.81. The molecular weight excluding hydrogens is 266 g/mol. The van der Waals surface area contributed by atoms with Gasteiger partial charge < -0.3 is 9.47 Å². The van der Waals surface area contributed by atoms with Crippen LogP contribution in [0.2, 0.25) is 0 Å². The molecule has 0 saturated carbocycles. The molecule has 0 aliphatic carbocycles. The maximum Gasteiger partial charge on any atom is 0.303 e. The largest absolute Gasteiger partial charge is 0.453 e. The number of hydrogen-bond acceptors (Lipinski definition) is 5. The maximum atomic E-state index is 14.0. The Bertz CT molecular complexity index is 446. The van der Waals surface area contributed by atoms with Crippen molar-refractivity contribution in [2.75, 3.05) is 13.2 Å². The van der Waals surface area contributed by atoms with E-state index in [1.807, 2.05) is 0 Å². The smallest absolute Gasteiger partial charge is 0.303 e. The Kier molecular flexibility index (Phi) is 4.87. The molecule has 0 radical (unpaired) electrons. The van der Waals surface area contributed by atoms with Crippen molar-refractivity contribution >= 4 is 5.97 Å². The second kappa shape index (κ2) is 6.19. The van der Waals surface area contributed by atoms with Gasteiger partial charge in [-0.05, 0) is 11.1 Å². The van der Waals surface area contributed by atoms with Crippen LogP contribution in [0.1, 0.15) is 6.92 Å². The third-order valence-electron chi connectivity index (χ3n) is 2.44. The van der Waals surface area contributed by atoms with Crippen molar-refractivity contribution in [1.29, 1.82) is 0 Å². The summed E-state index contributed by atoms with van der Waals surface area (Å²) in [6.45, 7) is -0.0225. The number of nitrogens with zero attached hydrogens (tertiary/aromatic N) is 6. The van der Waals surface area contributed by atoms with Gasteiger partial charge in [-0.25, -0.2) is 8.78 Å². The lowest BCUT2D eigenvalue weighted by atomic mass is 9.97. The summed E-state index contributed by atoms with van der Waals surface area (Å²) in [5.74, 6) is -4.55. The van der Waals surface area contributed by atoms with E-state index >= 15 is 0 Å². The topological polar surface area (TPSA) is 133 Å². The van der Waals surface area contributed by atoms with Crippen LogP contribution in [0.15, 0.2) is 10.2 Å². The normalized spacial score (nSPS) is 28.7. The highest BCUT2D eigenvalue weighted by Gasteiger charge is 2.56. The van der Waals surface area contributed by atoms with Crippen molar-refractivity contribution in [3.63, 3.8) is 0 Å². The summed E-state index contributed by atoms with van der Waals surface area (Å²) in [7, 11) is 0. The number of esters is 1. The molecular formula is C8H10F2N6O3. The van der Waals surface area contributed by atoms with E-state index in [0.29, 0.717) is 0 Å². The van der Waals surface area contributed by atoms with E-state index in [-0.39, 0.29) is 0 Å². The van der Waals surface area contributed by atoms with Gasteiger partial charge in [-0.3, -0.25) is 4.79 Å². The van der Waals surface area contributed by atoms with E-state index in [2.05, 4.69) is 24.8 Å². The molecule has 1 fully saturated rings. The predicted octanol–water partition coefficient (Wildman–Crippen LogP) is 1.94. The Labute approximate surface area is 105 Å². The average Bonchev–Trinajstić information content (AvgIpc) is 2.33. The summed E-state index contributed by atoms with van der Waals surface area (Å²) in [6, 6.07) is -1.79. The number of azide groups is 2. The van der Waals surface area contributed by atoms with Crippen LogP contribution in [-0.4, -0.2) is 43.3 Å². The molecule has 0 aromatic heterocycles. The lowest BCUT2D eigenvalue weighted by Crippen LogP contribution is -2.59. The fourth-order valence-electron chi connectivity index (χ4n) is 1.62. The summed E-state index contributed by atoms with van der Waals surface area (Å²) in [4.78, 5) is 15.6. The summed E-state index contributed by atoms with van der Waals surface area (Å²) in [5.41, 5.74) is 16.4. The number of alkyl halides is 2. The standard InChI is InChI=1S/C8H10F2N6O3/c1-4(17)19-7-5(2-13-15-11)18-3-6(14-16-12)8(7,9)10/h5-7H,2-3H2,1H3/t5-,6?,7-/m1/s1. The molecule has 1 heterocycles. The first-order valence-electron chi connectivity index (χ1n) is 5.15. The van der Waals surface area contributed by atoms with Gasteiger partial charge >= 0.3 is 5.97 Å². The lowest BCUT2D eigenvalue weighted by molar-refractivity contribution is -0.232. The SMILES string of the molecule is CC(=O)O[C@@H]1[C@@H](CN=[N+]=[N-])OCC(N=[N+]=[N-])C1(F)F. The van der Waals surface area contributed by atoms with Crippen LogP contribution in [0.5, 0.6) is 0 Å². The van der Waals surface area contributed by atoms with Crippen molar-refractivity contribution in [2.24, 2.45) is 10.2 Å². The van der Waals surface area contributed by atoms with Gasteiger partial charge in [0.15, 0.2) is 6.10 Å². The molecule has 0 aromatic rings. The molecule has 1 aliphatic heterocycles. The Hall–Kier alpha value is -2.09. The second-order valence-electron chi connectivity index (χ2n) is 3.71. The molecule has 3 atom stereocenters. The molecule has 0 aromatic carbocycles.